The molecule has 0 fully saturated rings. The standard InChI is InChI=1S/C14H9NO/c1-15-14-8-6-13(7-9-14)12-4-2-11(10-16)3-5-12/h2-10H. The van der Waals surface area contributed by atoms with Gasteiger partial charge in [-0.2, -0.15) is 0 Å². The Morgan fingerprint density at radius 1 is 0.875 bits per heavy atom. The molecule has 0 aliphatic rings. The molecule has 0 heterocycles. The second-order valence-corrected chi connectivity index (χ2v) is 3.40. The third kappa shape index (κ3) is 1.99. The molecule has 0 saturated carbocycles. The van der Waals surface area contributed by atoms with Gasteiger partial charge >= 0.3 is 0 Å². The molecule has 16 heavy (non-hydrogen) atoms. The average molecular weight is 207 g/mol. The third-order valence-corrected chi connectivity index (χ3v) is 2.38. The van der Waals surface area contributed by atoms with Crippen molar-refractivity contribution in [2.24, 2.45) is 0 Å². The Balaban J connectivity index is 2.35. The summed E-state index contributed by atoms with van der Waals surface area (Å²) >= 11 is 0. The Morgan fingerprint density at radius 2 is 1.38 bits per heavy atom. The molecular weight excluding hydrogens is 198 g/mol. The summed E-state index contributed by atoms with van der Waals surface area (Å²) in [4.78, 5) is 13.8. The van der Waals surface area contributed by atoms with Gasteiger partial charge < -0.3 is 0 Å². The molecule has 76 valence electrons. The predicted octanol–water partition coefficient (Wildman–Crippen LogP) is 3.72. The fraction of sp³-hybridized carbons (Fsp3) is 0. The van der Waals surface area contributed by atoms with Crippen molar-refractivity contribution in [1.29, 1.82) is 0 Å². The summed E-state index contributed by atoms with van der Waals surface area (Å²) in [6, 6.07) is 14.8. The van der Waals surface area contributed by atoms with Crippen LogP contribution in [0.1, 0.15) is 10.4 Å². The highest BCUT2D eigenvalue weighted by Crippen LogP contribution is 2.22. The quantitative estimate of drug-likeness (QED) is 0.543. The van der Waals surface area contributed by atoms with Gasteiger partial charge in [-0.15, -0.1) is 0 Å². The molecule has 2 aromatic rings. The molecule has 2 nitrogen and oxygen atoms in total. The van der Waals surface area contributed by atoms with Gasteiger partial charge in [0.05, 0.1) is 6.57 Å². The molecule has 0 amide bonds. The van der Waals surface area contributed by atoms with Crippen LogP contribution in [0.4, 0.5) is 5.69 Å². The first kappa shape index (κ1) is 10.1. The molecule has 0 N–H and O–H groups in total. The average Bonchev–Trinajstić information content (AvgIpc) is 2.39. The van der Waals surface area contributed by atoms with Crippen LogP contribution in [-0.4, -0.2) is 6.29 Å². The molecule has 0 radical (unpaired) electrons. The van der Waals surface area contributed by atoms with Crippen molar-refractivity contribution < 1.29 is 4.79 Å². The van der Waals surface area contributed by atoms with Crippen molar-refractivity contribution in [1.82, 2.24) is 0 Å². The zero-order valence-corrected chi connectivity index (χ0v) is 8.55. The second kappa shape index (κ2) is 4.41. The van der Waals surface area contributed by atoms with Crippen LogP contribution < -0.4 is 0 Å². The van der Waals surface area contributed by atoms with Crippen molar-refractivity contribution in [3.8, 4) is 11.1 Å². The van der Waals surface area contributed by atoms with Gasteiger partial charge in [0.15, 0.2) is 5.69 Å². The van der Waals surface area contributed by atoms with E-state index >= 15 is 0 Å². The predicted molar refractivity (Wildman–Crippen MR) is 63.5 cm³/mol. The first-order valence-corrected chi connectivity index (χ1v) is 4.86. The van der Waals surface area contributed by atoms with E-state index in [0.717, 1.165) is 17.4 Å². The van der Waals surface area contributed by atoms with E-state index in [-0.39, 0.29) is 0 Å². The van der Waals surface area contributed by atoms with Crippen LogP contribution in [0.2, 0.25) is 0 Å². The van der Waals surface area contributed by atoms with Crippen molar-refractivity contribution in [2.75, 3.05) is 0 Å². The molecule has 0 aliphatic heterocycles. The maximum atomic E-state index is 10.5. The van der Waals surface area contributed by atoms with E-state index in [9.17, 15) is 4.79 Å². The van der Waals surface area contributed by atoms with Crippen LogP contribution >= 0.6 is 0 Å². The number of hydrogen-bond acceptors (Lipinski definition) is 1. The largest absolute Gasteiger partial charge is 0.298 e. The zero-order chi connectivity index (χ0) is 11.4. The maximum Gasteiger partial charge on any atom is 0.187 e. The molecule has 2 aromatic carbocycles. The summed E-state index contributed by atoms with van der Waals surface area (Å²) < 4.78 is 0. The lowest BCUT2D eigenvalue weighted by Gasteiger charge is -2.01. The SMILES string of the molecule is [C-]#[N+]c1ccc(-c2ccc(C=O)cc2)cc1. The lowest BCUT2D eigenvalue weighted by Crippen LogP contribution is -1.80. The smallest absolute Gasteiger partial charge is 0.187 e. The minimum absolute atomic E-state index is 0.633. The summed E-state index contributed by atoms with van der Waals surface area (Å²) in [7, 11) is 0. The van der Waals surface area contributed by atoms with Gasteiger partial charge in [-0.25, -0.2) is 4.85 Å². The molecule has 0 saturated heterocycles. The molecule has 0 spiro atoms. The van der Waals surface area contributed by atoms with Gasteiger partial charge in [-0.05, 0) is 11.1 Å². The summed E-state index contributed by atoms with van der Waals surface area (Å²) in [5.41, 5.74) is 3.39. The zero-order valence-electron chi connectivity index (χ0n) is 8.55. The molecule has 2 heteroatoms. The number of rotatable bonds is 2. The summed E-state index contributed by atoms with van der Waals surface area (Å²) in [6.07, 6.45) is 0.825. The summed E-state index contributed by atoms with van der Waals surface area (Å²) in [5.74, 6) is 0. The van der Waals surface area contributed by atoms with Gasteiger partial charge in [0, 0.05) is 5.56 Å². The van der Waals surface area contributed by atoms with Crippen LogP contribution in [0.5, 0.6) is 0 Å². The Bertz CT molecular complexity index is 532. The van der Waals surface area contributed by atoms with Gasteiger partial charge in [0.2, 0.25) is 0 Å². The van der Waals surface area contributed by atoms with Gasteiger partial charge in [0.1, 0.15) is 6.29 Å². The van der Waals surface area contributed by atoms with Crippen LogP contribution in [0, 0.1) is 6.57 Å². The van der Waals surface area contributed by atoms with Crippen LogP contribution in [-0.2, 0) is 0 Å². The highest BCUT2D eigenvalue weighted by molar-refractivity contribution is 5.77. The van der Waals surface area contributed by atoms with E-state index in [1.807, 2.05) is 24.3 Å². The van der Waals surface area contributed by atoms with E-state index in [0.29, 0.717) is 11.3 Å². The lowest BCUT2D eigenvalue weighted by atomic mass is 10.0. The van der Waals surface area contributed by atoms with Crippen molar-refractivity contribution >= 4 is 12.0 Å². The normalized spacial score (nSPS) is 9.44. The topological polar surface area (TPSA) is 21.4 Å². The molecule has 0 aliphatic carbocycles. The monoisotopic (exact) mass is 207 g/mol. The molecule has 0 unspecified atom stereocenters. The highest BCUT2D eigenvalue weighted by Gasteiger charge is 1.97. The summed E-state index contributed by atoms with van der Waals surface area (Å²) in [5, 5.41) is 0. The number of benzene rings is 2. The van der Waals surface area contributed by atoms with E-state index in [4.69, 9.17) is 6.57 Å². The van der Waals surface area contributed by atoms with Crippen molar-refractivity contribution in [3.05, 3.63) is 65.5 Å². The van der Waals surface area contributed by atoms with Crippen LogP contribution in [0.3, 0.4) is 0 Å². The Labute approximate surface area is 94.0 Å². The molecular formula is C14H9NO. The Kier molecular flexibility index (Phi) is 2.79. The number of nitrogens with zero attached hydrogens (tertiary/aromatic N) is 1. The van der Waals surface area contributed by atoms with E-state index in [2.05, 4.69) is 4.85 Å². The maximum absolute atomic E-state index is 10.5. The van der Waals surface area contributed by atoms with Gasteiger partial charge in [-0.3, -0.25) is 4.79 Å². The minimum atomic E-state index is 0.633. The van der Waals surface area contributed by atoms with E-state index in [1.54, 1.807) is 24.3 Å². The number of carbonyl (C=O) groups excluding carboxylic acids is 1. The van der Waals surface area contributed by atoms with Gasteiger partial charge in [-0.1, -0.05) is 48.5 Å². The second-order valence-electron chi connectivity index (χ2n) is 3.40. The fourth-order valence-electron chi connectivity index (χ4n) is 1.48. The Hall–Kier alpha value is -2.40. The van der Waals surface area contributed by atoms with Crippen LogP contribution in [0.15, 0.2) is 48.5 Å². The Morgan fingerprint density at radius 3 is 1.81 bits per heavy atom. The van der Waals surface area contributed by atoms with E-state index < -0.39 is 0 Å². The summed E-state index contributed by atoms with van der Waals surface area (Å²) in [6.45, 7) is 6.86. The van der Waals surface area contributed by atoms with E-state index in [1.165, 1.54) is 0 Å². The van der Waals surface area contributed by atoms with Crippen LogP contribution in [0.25, 0.3) is 16.0 Å². The third-order valence-electron chi connectivity index (χ3n) is 2.38. The van der Waals surface area contributed by atoms with Crippen molar-refractivity contribution in [3.63, 3.8) is 0 Å². The fourth-order valence-corrected chi connectivity index (χ4v) is 1.48. The minimum Gasteiger partial charge on any atom is -0.298 e. The molecule has 2 rings (SSSR count). The first-order chi connectivity index (χ1) is 7.83. The molecule has 0 aromatic heterocycles. The molecule has 0 atom stereocenters. The first-order valence-electron chi connectivity index (χ1n) is 4.86. The highest BCUT2D eigenvalue weighted by atomic mass is 16.1. The van der Waals surface area contributed by atoms with Gasteiger partial charge in [0.25, 0.3) is 0 Å². The molecule has 0 bridgehead atoms. The number of carbonyl (C=O) groups is 1. The lowest BCUT2D eigenvalue weighted by molar-refractivity contribution is 0.112. The number of aldehydes is 1. The number of hydrogen-bond donors (Lipinski definition) is 0. The van der Waals surface area contributed by atoms with Crippen molar-refractivity contribution in [2.45, 2.75) is 0 Å².